The molecule has 1 nitrogen and oxygen atoms in total. The highest BCUT2D eigenvalue weighted by atomic mass is 19.4. The standard InChI is InChI=1S/C14H18F3N/c1-10(12-3-2-8-18-9-12)11-4-6-13(7-5-11)14(15,16)17/h4-7,10,12,18H,2-3,8-9H2,1H3. The van der Waals surface area contributed by atoms with E-state index in [9.17, 15) is 13.2 Å². The van der Waals surface area contributed by atoms with Crippen LogP contribution in [0.1, 0.15) is 36.8 Å². The molecule has 0 spiro atoms. The molecule has 1 aromatic carbocycles. The maximum Gasteiger partial charge on any atom is 0.416 e. The van der Waals surface area contributed by atoms with Gasteiger partial charge in [-0.25, -0.2) is 0 Å². The zero-order valence-electron chi connectivity index (χ0n) is 10.4. The SMILES string of the molecule is CC(c1ccc(C(F)(F)F)cc1)C1CCCNC1. The summed E-state index contributed by atoms with van der Waals surface area (Å²) in [7, 11) is 0. The molecule has 0 aromatic heterocycles. The number of nitrogens with one attached hydrogen (secondary N) is 1. The monoisotopic (exact) mass is 257 g/mol. The van der Waals surface area contributed by atoms with Crippen LogP contribution in [0.5, 0.6) is 0 Å². The molecule has 1 aliphatic heterocycles. The predicted molar refractivity (Wildman–Crippen MR) is 65.5 cm³/mol. The van der Waals surface area contributed by atoms with E-state index in [0.717, 1.165) is 31.5 Å². The summed E-state index contributed by atoms with van der Waals surface area (Å²) in [5.74, 6) is 0.829. The summed E-state index contributed by atoms with van der Waals surface area (Å²) in [6, 6.07) is 5.59. The maximum atomic E-state index is 12.5. The lowest BCUT2D eigenvalue weighted by Gasteiger charge is -2.28. The first-order chi connectivity index (χ1) is 8.48. The smallest absolute Gasteiger partial charge is 0.316 e. The average molecular weight is 257 g/mol. The van der Waals surface area contributed by atoms with Gasteiger partial charge < -0.3 is 5.32 Å². The largest absolute Gasteiger partial charge is 0.416 e. The average Bonchev–Trinajstić information content (AvgIpc) is 2.38. The summed E-state index contributed by atoms with van der Waals surface area (Å²) in [6.07, 6.45) is -1.95. The maximum absolute atomic E-state index is 12.5. The summed E-state index contributed by atoms with van der Waals surface area (Å²) >= 11 is 0. The second-order valence-electron chi connectivity index (χ2n) is 5.01. The van der Waals surface area contributed by atoms with Gasteiger partial charge in [-0.15, -0.1) is 0 Å². The van der Waals surface area contributed by atoms with Gasteiger partial charge in [0.2, 0.25) is 0 Å². The van der Waals surface area contributed by atoms with Crippen molar-refractivity contribution in [1.29, 1.82) is 0 Å². The molecule has 2 unspecified atom stereocenters. The van der Waals surface area contributed by atoms with E-state index < -0.39 is 11.7 Å². The van der Waals surface area contributed by atoms with Crippen LogP contribution in [0.4, 0.5) is 13.2 Å². The molecule has 4 heteroatoms. The van der Waals surface area contributed by atoms with Crippen molar-refractivity contribution in [1.82, 2.24) is 5.32 Å². The molecule has 1 heterocycles. The number of benzene rings is 1. The molecule has 0 amide bonds. The van der Waals surface area contributed by atoms with E-state index in [1.807, 2.05) is 0 Å². The van der Waals surface area contributed by atoms with Crippen LogP contribution in [0.25, 0.3) is 0 Å². The highest BCUT2D eigenvalue weighted by Gasteiger charge is 2.30. The summed E-state index contributed by atoms with van der Waals surface area (Å²) in [6.45, 7) is 4.11. The molecule has 1 aromatic rings. The third kappa shape index (κ3) is 3.05. The van der Waals surface area contributed by atoms with E-state index in [1.54, 1.807) is 12.1 Å². The third-order valence-electron chi connectivity index (χ3n) is 3.81. The highest BCUT2D eigenvalue weighted by Crippen LogP contribution is 2.33. The van der Waals surface area contributed by atoms with Crippen LogP contribution in [-0.2, 0) is 6.18 Å². The molecule has 1 N–H and O–H groups in total. The van der Waals surface area contributed by atoms with Crippen LogP contribution in [0, 0.1) is 5.92 Å². The molecule has 1 saturated heterocycles. The van der Waals surface area contributed by atoms with E-state index in [2.05, 4.69) is 12.2 Å². The van der Waals surface area contributed by atoms with Crippen molar-refractivity contribution < 1.29 is 13.2 Å². The van der Waals surface area contributed by atoms with Gasteiger partial charge in [-0.05, 0) is 55.5 Å². The van der Waals surface area contributed by atoms with Crippen molar-refractivity contribution in [2.75, 3.05) is 13.1 Å². The van der Waals surface area contributed by atoms with E-state index in [1.165, 1.54) is 12.1 Å². The Labute approximate surface area is 105 Å². The van der Waals surface area contributed by atoms with Gasteiger partial charge in [0.25, 0.3) is 0 Å². The zero-order valence-corrected chi connectivity index (χ0v) is 10.4. The second-order valence-corrected chi connectivity index (χ2v) is 5.01. The first-order valence-electron chi connectivity index (χ1n) is 6.36. The quantitative estimate of drug-likeness (QED) is 0.849. The van der Waals surface area contributed by atoms with E-state index in [4.69, 9.17) is 0 Å². The fourth-order valence-electron chi connectivity index (χ4n) is 2.55. The molecule has 0 radical (unpaired) electrons. The Bertz CT molecular complexity index is 377. The Hall–Kier alpha value is -1.03. The molecular weight excluding hydrogens is 239 g/mol. The fourth-order valence-corrected chi connectivity index (χ4v) is 2.55. The molecule has 0 bridgehead atoms. The molecular formula is C14H18F3N. The van der Waals surface area contributed by atoms with Crippen molar-refractivity contribution >= 4 is 0 Å². The fraction of sp³-hybridized carbons (Fsp3) is 0.571. The summed E-state index contributed by atoms with van der Waals surface area (Å²) < 4.78 is 37.4. The minimum Gasteiger partial charge on any atom is -0.316 e. The van der Waals surface area contributed by atoms with Crippen LogP contribution in [-0.4, -0.2) is 13.1 Å². The van der Waals surface area contributed by atoms with Gasteiger partial charge in [0, 0.05) is 0 Å². The first-order valence-corrected chi connectivity index (χ1v) is 6.36. The lowest BCUT2D eigenvalue weighted by Crippen LogP contribution is -2.32. The van der Waals surface area contributed by atoms with Gasteiger partial charge in [0.15, 0.2) is 0 Å². The number of piperidine rings is 1. The first kappa shape index (κ1) is 13.4. The van der Waals surface area contributed by atoms with Crippen molar-refractivity contribution in [3.63, 3.8) is 0 Å². The zero-order chi connectivity index (χ0) is 13.2. The van der Waals surface area contributed by atoms with Crippen LogP contribution in [0.2, 0.25) is 0 Å². The topological polar surface area (TPSA) is 12.0 Å². The van der Waals surface area contributed by atoms with Gasteiger partial charge in [-0.2, -0.15) is 13.2 Å². The predicted octanol–water partition coefficient (Wildman–Crippen LogP) is 3.81. The minimum atomic E-state index is -4.24. The Morgan fingerprint density at radius 1 is 1.22 bits per heavy atom. The summed E-state index contributed by atoms with van der Waals surface area (Å²) in [4.78, 5) is 0. The molecule has 100 valence electrons. The Morgan fingerprint density at radius 2 is 1.89 bits per heavy atom. The summed E-state index contributed by atoms with van der Waals surface area (Å²) in [5.41, 5.74) is 0.428. The Balaban J connectivity index is 2.09. The van der Waals surface area contributed by atoms with Gasteiger partial charge in [0.05, 0.1) is 5.56 Å². The van der Waals surface area contributed by atoms with Crippen molar-refractivity contribution in [2.45, 2.75) is 31.9 Å². The van der Waals surface area contributed by atoms with E-state index >= 15 is 0 Å². The Kier molecular flexibility index (Phi) is 3.95. The van der Waals surface area contributed by atoms with Crippen LogP contribution in [0.15, 0.2) is 24.3 Å². The Morgan fingerprint density at radius 3 is 2.39 bits per heavy atom. The van der Waals surface area contributed by atoms with Crippen molar-refractivity contribution in [2.24, 2.45) is 5.92 Å². The van der Waals surface area contributed by atoms with Crippen LogP contribution >= 0.6 is 0 Å². The van der Waals surface area contributed by atoms with E-state index in [-0.39, 0.29) is 0 Å². The molecule has 0 saturated carbocycles. The van der Waals surface area contributed by atoms with E-state index in [0.29, 0.717) is 11.8 Å². The minimum absolute atomic E-state index is 0.306. The normalized spacial score (nSPS) is 22.8. The molecule has 18 heavy (non-hydrogen) atoms. The summed E-state index contributed by atoms with van der Waals surface area (Å²) in [5, 5.41) is 3.34. The number of hydrogen-bond donors (Lipinski definition) is 1. The number of rotatable bonds is 2. The van der Waals surface area contributed by atoms with Crippen molar-refractivity contribution in [3.05, 3.63) is 35.4 Å². The van der Waals surface area contributed by atoms with Gasteiger partial charge in [-0.1, -0.05) is 19.1 Å². The number of alkyl halides is 3. The highest BCUT2D eigenvalue weighted by molar-refractivity contribution is 5.27. The third-order valence-corrected chi connectivity index (χ3v) is 3.81. The van der Waals surface area contributed by atoms with Gasteiger partial charge >= 0.3 is 6.18 Å². The number of halogens is 3. The van der Waals surface area contributed by atoms with Gasteiger partial charge in [-0.3, -0.25) is 0 Å². The van der Waals surface area contributed by atoms with Crippen LogP contribution in [0.3, 0.4) is 0 Å². The number of hydrogen-bond acceptors (Lipinski definition) is 1. The molecule has 0 aliphatic carbocycles. The lowest BCUT2D eigenvalue weighted by atomic mass is 9.83. The van der Waals surface area contributed by atoms with Crippen molar-refractivity contribution in [3.8, 4) is 0 Å². The molecule has 2 atom stereocenters. The van der Waals surface area contributed by atoms with Gasteiger partial charge in [0.1, 0.15) is 0 Å². The molecule has 2 rings (SSSR count). The lowest BCUT2D eigenvalue weighted by molar-refractivity contribution is -0.137. The van der Waals surface area contributed by atoms with Crippen LogP contribution < -0.4 is 5.32 Å². The molecule has 1 aliphatic rings. The molecule has 1 fully saturated rings. The second kappa shape index (κ2) is 5.31.